The van der Waals surface area contributed by atoms with Crippen LogP contribution in [0, 0.1) is 0 Å². The first-order valence-electron chi connectivity index (χ1n) is 5.09. The van der Waals surface area contributed by atoms with E-state index in [0.29, 0.717) is 17.0 Å². The van der Waals surface area contributed by atoms with Gasteiger partial charge in [0.05, 0.1) is 12.7 Å². The molecule has 5 nitrogen and oxygen atoms in total. The lowest BCUT2D eigenvalue weighted by Gasteiger charge is -2.22. The number of hydrogen-bond acceptors (Lipinski definition) is 3. The molecule has 0 N–H and O–H groups in total. The van der Waals surface area contributed by atoms with E-state index >= 15 is 0 Å². The van der Waals surface area contributed by atoms with Crippen molar-refractivity contribution in [1.82, 2.24) is 4.90 Å². The van der Waals surface area contributed by atoms with Gasteiger partial charge in [0.15, 0.2) is 6.29 Å². The molecule has 0 aromatic heterocycles. The number of carbonyl (C=O) groups is 2. The number of methoxy groups -OCH3 is 1. The van der Waals surface area contributed by atoms with Crippen LogP contribution in [0.4, 0.5) is 10.5 Å². The van der Waals surface area contributed by atoms with E-state index in [-0.39, 0.29) is 6.03 Å². The summed E-state index contributed by atoms with van der Waals surface area (Å²) in [6, 6.07) is 4.84. The van der Waals surface area contributed by atoms with Gasteiger partial charge < -0.3 is 9.64 Å². The zero-order chi connectivity index (χ0) is 13.0. The van der Waals surface area contributed by atoms with E-state index in [1.54, 1.807) is 39.3 Å². The highest BCUT2D eigenvalue weighted by Crippen LogP contribution is 2.24. The number of urea groups is 1. The molecule has 1 aromatic carbocycles. The van der Waals surface area contributed by atoms with E-state index in [0.717, 1.165) is 6.29 Å². The third kappa shape index (κ3) is 2.75. The maximum atomic E-state index is 11.7. The molecule has 2 amide bonds. The van der Waals surface area contributed by atoms with Gasteiger partial charge in [0.1, 0.15) is 5.75 Å². The molecule has 17 heavy (non-hydrogen) atoms. The maximum Gasteiger partial charge on any atom is 0.323 e. The number of ether oxygens (including phenoxy) is 1. The lowest BCUT2D eigenvalue weighted by Crippen LogP contribution is -2.36. The van der Waals surface area contributed by atoms with E-state index in [2.05, 4.69) is 0 Å². The van der Waals surface area contributed by atoms with Gasteiger partial charge in [-0.25, -0.2) is 4.79 Å². The molecule has 1 rings (SSSR count). The standard InChI is InChI=1S/C12H16N2O3/c1-13(2)12(16)14(3)10-6-5-9(8-15)11(7-10)17-4/h5-8H,1-4H3. The Morgan fingerprint density at radius 1 is 1.29 bits per heavy atom. The zero-order valence-electron chi connectivity index (χ0n) is 10.4. The van der Waals surface area contributed by atoms with Crippen molar-refractivity contribution >= 4 is 18.0 Å². The molecule has 1 aromatic rings. The highest BCUT2D eigenvalue weighted by atomic mass is 16.5. The maximum absolute atomic E-state index is 11.7. The molecule has 0 bridgehead atoms. The van der Waals surface area contributed by atoms with Crippen molar-refractivity contribution in [3.05, 3.63) is 23.8 Å². The SMILES string of the molecule is COc1cc(N(C)C(=O)N(C)C)ccc1C=O. The molecule has 0 fully saturated rings. The van der Waals surface area contributed by atoms with Gasteiger partial charge in [-0.05, 0) is 12.1 Å². The predicted molar refractivity (Wildman–Crippen MR) is 65.9 cm³/mol. The topological polar surface area (TPSA) is 49.9 Å². The number of benzene rings is 1. The van der Waals surface area contributed by atoms with Gasteiger partial charge in [-0.3, -0.25) is 9.69 Å². The average Bonchev–Trinajstić information content (AvgIpc) is 2.35. The number of rotatable bonds is 3. The highest BCUT2D eigenvalue weighted by Gasteiger charge is 2.14. The zero-order valence-corrected chi connectivity index (χ0v) is 10.4. The molecule has 92 valence electrons. The molecule has 0 saturated heterocycles. The van der Waals surface area contributed by atoms with Crippen molar-refractivity contribution < 1.29 is 14.3 Å². The summed E-state index contributed by atoms with van der Waals surface area (Å²) in [4.78, 5) is 25.4. The van der Waals surface area contributed by atoms with E-state index in [9.17, 15) is 9.59 Å². The first kappa shape index (κ1) is 13.0. The minimum atomic E-state index is -0.147. The van der Waals surface area contributed by atoms with Crippen molar-refractivity contribution in [2.75, 3.05) is 33.2 Å². The Hall–Kier alpha value is -2.04. The summed E-state index contributed by atoms with van der Waals surface area (Å²) in [5.74, 6) is 0.455. The summed E-state index contributed by atoms with van der Waals surface area (Å²) in [5, 5.41) is 0. The van der Waals surface area contributed by atoms with Crippen LogP contribution in [0.15, 0.2) is 18.2 Å². The van der Waals surface area contributed by atoms with Gasteiger partial charge in [0.2, 0.25) is 0 Å². The third-order valence-electron chi connectivity index (χ3n) is 2.40. The van der Waals surface area contributed by atoms with Crippen LogP contribution in [0.3, 0.4) is 0 Å². The van der Waals surface area contributed by atoms with Crippen LogP contribution in [-0.2, 0) is 0 Å². The summed E-state index contributed by atoms with van der Waals surface area (Å²) in [6.45, 7) is 0. The molecule has 0 spiro atoms. The fraction of sp³-hybridized carbons (Fsp3) is 0.333. The molecule has 0 aliphatic carbocycles. The second kappa shape index (κ2) is 5.34. The van der Waals surface area contributed by atoms with Crippen molar-refractivity contribution in [3.63, 3.8) is 0 Å². The molecule has 0 saturated carbocycles. The number of anilines is 1. The molecular weight excluding hydrogens is 220 g/mol. The second-order valence-electron chi connectivity index (χ2n) is 3.78. The molecule has 0 atom stereocenters. The number of amides is 2. The lowest BCUT2D eigenvalue weighted by atomic mass is 10.2. The van der Waals surface area contributed by atoms with Gasteiger partial charge in [-0.1, -0.05) is 0 Å². The fourth-order valence-electron chi connectivity index (χ4n) is 1.42. The van der Waals surface area contributed by atoms with Crippen LogP contribution in [0.2, 0.25) is 0 Å². The quantitative estimate of drug-likeness (QED) is 0.749. The third-order valence-corrected chi connectivity index (χ3v) is 2.40. The van der Waals surface area contributed by atoms with Crippen LogP contribution in [0.1, 0.15) is 10.4 Å². The smallest absolute Gasteiger partial charge is 0.323 e. The van der Waals surface area contributed by atoms with Gasteiger partial charge >= 0.3 is 6.03 Å². The van der Waals surface area contributed by atoms with Crippen LogP contribution in [-0.4, -0.2) is 45.5 Å². The minimum absolute atomic E-state index is 0.147. The summed E-state index contributed by atoms with van der Waals surface area (Å²) in [5.41, 5.74) is 1.13. The monoisotopic (exact) mass is 236 g/mol. The Bertz CT molecular complexity index is 430. The van der Waals surface area contributed by atoms with Crippen molar-refractivity contribution in [3.8, 4) is 5.75 Å². The average molecular weight is 236 g/mol. The van der Waals surface area contributed by atoms with E-state index in [1.165, 1.54) is 16.9 Å². The largest absolute Gasteiger partial charge is 0.496 e. The van der Waals surface area contributed by atoms with Crippen LogP contribution < -0.4 is 9.64 Å². The molecule has 0 unspecified atom stereocenters. The first-order valence-corrected chi connectivity index (χ1v) is 5.09. The molecule has 0 radical (unpaired) electrons. The summed E-state index contributed by atoms with van der Waals surface area (Å²) >= 11 is 0. The summed E-state index contributed by atoms with van der Waals surface area (Å²) in [6.07, 6.45) is 0.719. The fourth-order valence-corrected chi connectivity index (χ4v) is 1.42. The highest BCUT2D eigenvalue weighted by molar-refractivity contribution is 5.92. The van der Waals surface area contributed by atoms with Gasteiger partial charge in [-0.15, -0.1) is 0 Å². The van der Waals surface area contributed by atoms with Gasteiger partial charge in [0, 0.05) is 32.9 Å². The minimum Gasteiger partial charge on any atom is -0.496 e. The van der Waals surface area contributed by atoms with E-state index in [1.807, 2.05) is 0 Å². The van der Waals surface area contributed by atoms with Crippen LogP contribution in [0.5, 0.6) is 5.75 Å². The molecular formula is C12H16N2O3. The van der Waals surface area contributed by atoms with Gasteiger partial charge in [0.25, 0.3) is 0 Å². The Morgan fingerprint density at radius 3 is 2.41 bits per heavy atom. The number of hydrogen-bond donors (Lipinski definition) is 0. The number of carbonyl (C=O) groups excluding carboxylic acids is 2. The second-order valence-corrected chi connectivity index (χ2v) is 3.78. The Balaban J connectivity index is 3.07. The summed E-state index contributed by atoms with van der Waals surface area (Å²) < 4.78 is 5.08. The van der Waals surface area contributed by atoms with E-state index < -0.39 is 0 Å². The predicted octanol–water partition coefficient (Wildman–Crippen LogP) is 1.63. The molecule has 0 aliphatic heterocycles. The van der Waals surface area contributed by atoms with Crippen molar-refractivity contribution in [1.29, 1.82) is 0 Å². The van der Waals surface area contributed by atoms with Crippen LogP contribution >= 0.6 is 0 Å². The Morgan fingerprint density at radius 2 is 1.94 bits per heavy atom. The van der Waals surface area contributed by atoms with Crippen LogP contribution in [0.25, 0.3) is 0 Å². The molecule has 0 aliphatic rings. The van der Waals surface area contributed by atoms with Crippen molar-refractivity contribution in [2.45, 2.75) is 0 Å². The lowest BCUT2D eigenvalue weighted by molar-refractivity contribution is 0.112. The Labute approximate surface area is 101 Å². The first-order chi connectivity index (χ1) is 8.01. The molecule has 5 heteroatoms. The normalized spacial score (nSPS) is 9.65. The summed E-state index contributed by atoms with van der Waals surface area (Å²) in [7, 11) is 6.50. The van der Waals surface area contributed by atoms with E-state index in [4.69, 9.17) is 4.74 Å². The van der Waals surface area contributed by atoms with Gasteiger partial charge in [-0.2, -0.15) is 0 Å². The number of aldehydes is 1. The molecule has 0 heterocycles. The number of nitrogens with zero attached hydrogens (tertiary/aromatic N) is 2. The Kier molecular flexibility index (Phi) is 4.09. The van der Waals surface area contributed by atoms with Crippen molar-refractivity contribution in [2.24, 2.45) is 0 Å².